The molecule has 0 radical (unpaired) electrons. The van der Waals surface area contributed by atoms with Crippen molar-refractivity contribution in [3.63, 3.8) is 0 Å². The van der Waals surface area contributed by atoms with Crippen molar-refractivity contribution in [2.45, 2.75) is 89.1 Å². The summed E-state index contributed by atoms with van der Waals surface area (Å²) >= 11 is 0. The number of esters is 3. The Balaban J connectivity index is 3.59. The highest BCUT2D eigenvalue weighted by Crippen LogP contribution is 2.37. The topological polar surface area (TPSA) is 167 Å². The van der Waals surface area contributed by atoms with Gasteiger partial charge in [0.25, 0.3) is 5.79 Å². The Kier molecular flexibility index (Phi) is 11.1. The maximum atomic E-state index is 12.9. The van der Waals surface area contributed by atoms with Crippen molar-refractivity contribution in [2.75, 3.05) is 20.3 Å². The first-order valence-electron chi connectivity index (χ1n) is 11.0. The molecule has 0 bridgehead atoms. The Hall–Kier alpha value is -2.06. The van der Waals surface area contributed by atoms with E-state index in [1.54, 1.807) is 0 Å². The van der Waals surface area contributed by atoms with Gasteiger partial charge in [-0.05, 0) is 6.04 Å². The molecule has 3 N–H and O–H groups in total. The van der Waals surface area contributed by atoms with E-state index >= 15 is 0 Å². The Bertz CT molecular complexity index is 741. The van der Waals surface area contributed by atoms with Crippen molar-refractivity contribution in [3.8, 4) is 0 Å². The van der Waals surface area contributed by atoms with Crippen LogP contribution in [-0.4, -0.2) is 98.7 Å². The van der Waals surface area contributed by atoms with Gasteiger partial charge in [0.2, 0.25) is 5.91 Å². The fraction of sp³-hybridized carbons (Fsp3) is 0.810. The number of carbonyl (C=O) groups is 4. The zero-order chi connectivity index (χ0) is 26.3. The minimum absolute atomic E-state index is 0.107. The highest BCUT2D eigenvalue weighted by Gasteiger charge is 2.58. The first-order chi connectivity index (χ1) is 15.7. The molecule has 12 nitrogen and oxygen atoms in total. The second-order valence-electron chi connectivity index (χ2n) is 9.39. The lowest BCUT2D eigenvalue weighted by atomic mass is 9.88. The van der Waals surface area contributed by atoms with E-state index in [1.165, 1.54) is 6.92 Å². The number of carbonyl (C=O) groups excluding carboxylic acids is 4. The second kappa shape index (κ2) is 12.6. The van der Waals surface area contributed by atoms with E-state index < -0.39 is 74.7 Å². The number of methoxy groups -OCH3 is 1. The van der Waals surface area contributed by atoms with Gasteiger partial charge in [0.1, 0.15) is 18.3 Å². The molecule has 1 amide bonds. The van der Waals surface area contributed by atoms with E-state index in [0.29, 0.717) is 6.04 Å². The van der Waals surface area contributed by atoms with Gasteiger partial charge in [0.15, 0.2) is 6.10 Å². The third-order valence-electron chi connectivity index (χ3n) is 5.11. The Labute approximate surface area is 200 Å². The van der Waals surface area contributed by atoms with Gasteiger partial charge in [-0.15, -0.1) is 0 Å². The van der Waals surface area contributed by atoms with Crippen molar-refractivity contribution in [1.29, 1.82) is 0 Å². The average molecular weight is 508 g/mol. The van der Waals surface area contributed by atoms with Crippen LogP contribution in [0.3, 0.4) is 0 Å². The van der Waals surface area contributed by atoms with Crippen LogP contribution in [0.15, 0.2) is 0 Å². The highest BCUT2D eigenvalue weighted by molar-refractivity contribution is 6.76. The van der Waals surface area contributed by atoms with Crippen LogP contribution in [-0.2, 0) is 42.9 Å². The van der Waals surface area contributed by atoms with Crippen molar-refractivity contribution >= 4 is 31.9 Å². The molecule has 0 saturated carbocycles. The molecule has 1 heterocycles. The van der Waals surface area contributed by atoms with Gasteiger partial charge in [0, 0.05) is 35.5 Å². The number of hydrogen-bond donors (Lipinski definition) is 3. The number of aliphatic hydroxyl groups is 2. The lowest BCUT2D eigenvalue weighted by Crippen LogP contribution is -2.69. The van der Waals surface area contributed by atoms with E-state index in [-0.39, 0.29) is 13.0 Å². The maximum Gasteiger partial charge on any atom is 0.366 e. The average Bonchev–Trinajstić information content (AvgIpc) is 2.70. The Morgan fingerprint density at radius 1 is 1.15 bits per heavy atom. The van der Waals surface area contributed by atoms with Crippen molar-refractivity contribution < 1.29 is 53.1 Å². The van der Waals surface area contributed by atoms with Crippen molar-refractivity contribution in [3.05, 3.63) is 0 Å². The van der Waals surface area contributed by atoms with Gasteiger partial charge in [-0.3, -0.25) is 14.4 Å². The SMILES string of the molecule is COC(=O)[C@@]1(OCC[Si](C)(C)C)C[C@H](OC(C)=O)[C@@H](NC(C)=O)[C@H]([C@H](OC(C)=O)[C@H](O)CO)O1. The van der Waals surface area contributed by atoms with Gasteiger partial charge in [-0.1, -0.05) is 19.6 Å². The molecule has 1 rings (SSSR count). The highest BCUT2D eigenvalue weighted by atomic mass is 28.3. The Morgan fingerprint density at radius 3 is 2.21 bits per heavy atom. The predicted molar refractivity (Wildman–Crippen MR) is 120 cm³/mol. The first kappa shape index (κ1) is 30.0. The summed E-state index contributed by atoms with van der Waals surface area (Å²) in [7, 11) is -0.478. The van der Waals surface area contributed by atoms with Crippen LogP contribution in [0.5, 0.6) is 0 Å². The lowest BCUT2D eigenvalue weighted by molar-refractivity contribution is -0.313. The van der Waals surface area contributed by atoms with E-state index in [4.69, 9.17) is 23.7 Å². The molecule has 0 aliphatic carbocycles. The summed E-state index contributed by atoms with van der Waals surface area (Å²) in [6.45, 7) is 9.03. The quantitative estimate of drug-likeness (QED) is 0.191. The minimum atomic E-state index is -2.10. The molecular formula is C21H37NO11Si. The van der Waals surface area contributed by atoms with Gasteiger partial charge >= 0.3 is 17.9 Å². The largest absolute Gasteiger partial charge is 0.465 e. The summed E-state index contributed by atoms with van der Waals surface area (Å²) in [4.78, 5) is 48.5. The number of hydrogen-bond acceptors (Lipinski definition) is 11. The number of amides is 1. The molecule has 1 saturated heterocycles. The standard InChI is InChI=1S/C21H37NO11Si/c1-12(24)22-17-16(31-13(2)25)10-21(20(28)29-4,30-8-9-34(5,6)7)33-19(17)18(15(27)11-23)32-14(3)26/h15-19,23,27H,8-11H2,1-7H3,(H,22,24)/t15-,16+,17-,18-,19-,21-/m1/s1. The molecule has 1 aliphatic heterocycles. The van der Waals surface area contributed by atoms with Crippen LogP contribution >= 0.6 is 0 Å². The number of rotatable bonds is 11. The fourth-order valence-electron chi connectivity index (χ4n) is 3.57. The molecule has 0 aromatic carbocycles. The molecular weight excluding hydrogens is 470 g/mol. The molecule has 1 fully saturated rings. The van der Waals surface area contributed by atoms with Crippen LogP contribution in [0.1, 0.15) is 27.2 Å². The van der Waals surface area contributed by atoms with Crippen LogP contribution < -0.4 is 5.32 Å². The zero-order valence-electron chi connectivity index (χ0n) is 20.8. The summed E-state index contributed by atoms with van der Waals surface area (Å²) < 4.78 is 27.5. The van der Waals surface area contributed by atoms with Crippen LogP contribution in [0.4, 0.5) is 0 Å². The summed E-state index contributed by atoms with van der Waals surface area (Å²) in [6, 6.07) is -0.509. The monoisotopic (exact) mass is 507 g/mol. The summed E-state index contributed by atoms with van der Waals surface area (Å²) in [5.41, 5.74) is 0. The third kappa shape index (κ3) is 8.62. The summed E-state index contributed by atoms with van der Waals surface area (Å²) in [6.07, 6.45) is -6.19. The molecule has 13 heteroatoms. The maximum absolute atomic E-state index is 12.9. The molecule has 1 aliphatic rings. The predicted octanol–water partition coefficient (Wildman–Crippen LogP) is -0.279. The molecule has 0 unspecified atom stereocenters. The molecule has 196 valence electrons. The van der Waals surface area contributed by atoms with Crippen molar-refractivity contribution in [2.24, 2.45) is 0 Å². The smallest absolute Gasteiger partial charge is 0.366 e. The zero-order valence-corrected chi connectivity index (χ0v) is 21.8. The molecule has 34 heavy (non-hydrogen) atoms. The molecule has 0 spiro atoms. The fourth-order valence-corrected chi connectivity index (χ4v) is 4.29. The Morgan fingerprint density at radius 2 is 1.76 bits per heavy atom. The number of ether oxygens (including phenoxy) is 5. The van der Waals surface area contributed by atoms with E-state index in [2.05, 4.69) is 25.0 Å². The molecule has 6 atom stereocenters. The van der Waals surface area contributed by atoms with Crippen molar-refractivity contribution in [1.82, 2.24) is 5.32 Å². The van der Waals surface area contributed by atoms with E-state index in [1.807, 2.05) is 0 Å². The van der Waals surface area contributed by atoms with Gasteiger partial charge in [-0.25, -0.2) is 4.79 Å². The van der Waals surface area contributed by atoms with Crippen LogP contribution in [0.2, 0.25) is 25.7 Å². The summed E-state index contributed by atoms with van der Waals surface area (Å²) in [5.74, 6) is -5.11. The number of nitrogens with one attached hydrogen (secondary N) is 1. The van der Waals surface area contributed by atoms with Crippen LogP contribution in [0.25, 0.3) is 0 Å². The third-order valence-corrected chi connectivity index (χ3v) is 6.82. The van der Waals surface area contributed by atoms with Gasteiger partial charge in [-0.2, -0.15) is 0 Å². The minimum Gasteiger partial charge on any atom is -0.465 e. The normalized spacial score (nSPS) is 26.7. The lowest BCUT2D eigenvalue weighted by Gasteiger charge is -2.48. The number of aliphatic hydroxyl groups excluding tert-OH is 2. The summed E-state index contributed by atoms with van der Waals surface area (Å²) in [5, 5.41) is 22.5. The van der Waals surface area contributed by atoms with Gasteiger partial charge < -0.3 is 39.2 Å². The second-order valence-corrected chi connectivity index (χ2v) is 15.0. The van der Waals surface area contributed by atoms with E-state index in [9.17, 15) is 29.4 Å². The molecule has 0 aromatic heterocycles. The van der Waals surface area contributed by atoms with Crippen LogP contribution in [0, 0.1) is 0 Å². The first-order valence-corrected chi connectivity index (χ1v) is 14.7. The van der Waals surface area contributed by atoms with Gasteiger partial charge in [0.05, 0.1) is 26.2 Å². The molecule has 0 aromatic rings. The van der Waals surface area contributed by atoms with E-state index in [0.717, 1.165) is 21.0 Å².